The number of phenols is 1. The Morgan fingerprint density at radius 2 is 1.94 bits per heavy atom. The first-order valence-corrected chi connectivity index (χ1v) is 11.3. The Labute approximate surface area is 197 Å². The van der Waals surface area contributed by atoms with E-state index in [9.17, 15) is 9.90 Å². The number of tetrazole rings is 1. The minimum Gasteiger partial charge on any atom is -0.508 e. The van der Waals surface area contributed by atoms with Crippen molar-refractivity contribution in [3.05, 3.63) is 83.3 Å². The molecule has 166 valence electrons. The Hall–Kier alpha value is -3.63. The van der Waals surface area contributed by atoms with Gasteiger partial charge in [0.25, 0.3) is 5.91 Å². The Kier molecular flexibility index (Phi) is 5.84. The summed E-state index contributed by atoms with van der Waals surface area (Å²) in [6, 6.07) is 17.1. The topological polar surface area (TPSA) is 110 Å². The van der Waals surface area contributed by atoms with Gasteiger partial charge in [0.2, 0.25) is 5.16 Å². The molecule has 33 heavy (non-hydrogen) atoms. The Bertz CT molecular complexity index is 1290. The molecule has 11 heteroatoms. The fourth-order valence-corrected chi connectivity index (χ4v) is 4.35. The third-order valence-electron chi connectivity index (χ3n) is 5.07. The molecule has 1 amide bonds. The van der Waals surface area contributed by atoms with Crippen LogP contribution in [-0.4, -0.2) is 47.7 Å². The SMILES string of the molecule is O=C(CSc1nnnn1-c1ccc(O)cc1)N1N=C(c2ccc(Cl)cc2)C[C@H]1c1ccco1. The van der Waals surface area contributed by atoms with Crippen LogP contribution >= 0.6 is 23.4 Å². The monoisotopic (exact) mass is 480 g/mol. The van der Waals surface area contributed by atoms with Gasteiger partial charge in [-0.1, -0.05) is 35.5 Å². The van der Waals surface area contributed by atoms with Gasteiger partial charge in [0.15, 0.2) is 0 Å². The molecule has 1 N–H and O–H groups in total. The number of hydrogen-bond donors (Lipinski definition) is 1. The van der Waals surface area contributed by atoms with Crippen LogP contribution < -0.4 is 0 Å². The van der Waals surface area contributed by atoms with Crippen molar-refractivity contribution in [3.63, 3.8) is 0 Å². The van der Waals surface area contributed by atoms with Crippen LogP contribution in [0.5, 0.6) is 5.75 Å². The zero-order valence-corrected chi connectivity index (χ0v) is 18.6. The minimum atomic E-state index is -0.341. The van der Waals surface area contributed by atoms with Crippen LogP contribution in [0.4, 0.5) is 0 Å². The maximum Gasteiger partial charge on any atom is 0.253 e. The van der Waals surface area contributed by atoms with Crippen LogP contribution in [0, 0.1) is 0 Å². The molecule has 0 spiro atoms. The predicted octanol–water partition coefficient (Wildman–Crippen LogP) is 4.08. The number of carbonyl (C=O) groups is 1. The molecule has 0 saturated carbocycles. The molecule has 5 rings (SSSR count). The minimum absolute atomic E-state index is 0.0765. The molecule has 1 atom stereocenters. The smallest absolute Gasteiger partial charge is 0.253 e. The number of phenolic OH excluding ortho intramolecular Hbond substituents is 1. The number of aromatic hydroxyl groups is 1. The highest BCUT2D eigenvalue weighted by Crippen LogP contribution is 2.34. The average Bonchev–Trinajstić information content (AvgIpc) is 3.59. The zero-order chi connectivity index (χ0) is 22.8. The van der Waals surface area contributed by atoms with Gasteiger partial charge in [0.05, 0.1) is 23.4 Å². The molecule has 0 radical (unpaired) electrons. The second kappa shape index (κ2) is 9.08. The highest BCUT2D eigenvalue weighted by Gasteiger charge is 2.35. The number of hydrazone groups is 1. The number of hydrogen-bond acceptors (Lipinski definition) is 8. The molecule has 3 heterocycles. The van der Waals surface area contributed by atoms with Gasteiger partial charge in [-0.15, -0.1) is 5.10 Å². The molecular formula is C22H17ClN6O3S. The molecule has 4 aromatic rings. The number of nitrogens with zero attached hydrogens (tertiary/aromatic N) is 6. The van der Waals surface area contributed by atoms with Gasteiger partial charge in [-0.2, -0.15) is 9.78 Å². The van der Waals surface area contributed by atoms with E-state index in [1.54, 1.807) is 48.7 Å². The van der Waals surface area contributed by atoms with Crippen molar-refractivity contribution >= 4 is 35.0 Å². The van der Waals surface area contributed by atoms with Crippen LogP contribution in [0.1, 0.15) is 23.8 Å². The number of carbonyl (C=O) groups excluding carboxylic acids is 1. The van der Waals surface area contributed by atoms with Gasteiger partial charge < -0.3 is 9.52 Å². The maximum absolute atomic E-state index is 13.2. The van der Waals surface area contributed by atoms with E-state index in [1.165, 1.54) is 21.5 Å². The van der Waals surface area contributed by atoms with E-state index in [-0.39, 0.29) is 23.5 Å². The van der Waals surface area contributed by atoms with Gasteiger partial charge in [-0.25, -0.2) is 5.01 Å². The fourth-order valence-electron chi connectivity index (χ4n) is 3.48. The van der Waals surface area contributed by atoms with E-state index < -0.39 is 0 Å². The van der Waals surface area contributed by atoms with Crippen molar-refractivity contribution in [1.82, 2.24) is 25.2 Å². The van der Waals surface area contributed by atoms with E-state index >= 15 is 0 Å². The third kappa shape index (κ3) is 4.48. The van der Waals surface area contributed by atoms with Gasteiger partial charge in [0.1, 0.15) is 17.6 Å². The van der Waals surface area contributed by atoms with Crippen molar-refractivity contribution < 1.29 is 14.3 Å². The standard InChI is InChI=1S/C22H17ClN6O3S/c23-15-5-3-14(4-6-15)18-12-19(20-2-1-11-32-20)29(25-18)21(31)13-33-22-24-26-27-28(22)16-7-9-17(30)10-8-16/h1-11,19,30H,12-13H2/t19-/m0/s1. The van der Waals surface area contributed by atoms with E-state index in [1.807, 2.05) is 18.2 Å². The lowest BCUT2D eigenvalue weighted by atomic mass is 10.0. The Balaban J connectivity index is 1.36. The van der Waals surface area contributed by atoms with Gasteiger partial charge in [0, 0.05) is 11.4 Å². The first kappa shape index (κ1) is 21.2. The summed E-state index contributed by atoms with van der Waals surface area (Å²) in [6.07, 6.45) is 2.11. The summed E-state index contributed by atoms with van der Waals surface area (Å²) in [7, 11) is 0. The molecule has 0 aliphatic carbocycles. The molecular weight excluding hydrogens is 464 g/mol. The van der Waals surface area contributed by atoms with E-state index in [0.717, 1.165) is 11.3 Å². The summed E-state index contributed by atoms with van der Waals surface area (Å²) >= 11 is 7.21. The summed E-state index contributed by atoms with van der Waals surface area (Å²) < 4.78 is 7.09. The number of amides is 1. The third-order valence-corrected chi connectivity index (χ3v) is 6.23. The molecule has 0 bridgehead atoms. The van der Waals surface area contributed by atoms with E-state index in [2.05, 4.69) is 20.6 Å². The molecule has 2 aromatic carbocycles. The number of rotatable bonds is 6. The number of thioether (sulfide) groups is 1. The summed E-state index contributed by atoms with van der Waals surface area (Å²) in [5, 5.41) is 28.4. The van der Waals surface area contributed by atoms with Crippen molar-refractivity contribution in [3.8, 4) is 11.4 Å². The quantitative estimate of drug-likeness (QED) is 0.414. The number of halogens is 1. The molecule has 0 saturated heterocycles. The number of aromatic nitrogens is 4. The lowest BCUT2D eigenvalue weighted by molar-refractivity contribution is -0.130. The second-order valence-corrected chi connectivity index (χ2v) is 8.58. The summed E-state index contributed by atoms with van der Waals surface area (Å²) in [6.45, 7) is 0. The Morgan fingerprint density at radius 1 is 1.15 bits per heavy atom. The lowest BCUT2D eigenvalue weighted by Crippen LogP contribution is -2.28. The maximum atomic E-state index is 13.2. The van der Waals surface area contributed by atoms with Crippen molar-refractivity contribution in [2.75, 3.05) is 5.75 Å². The first-order valence-electron chi connectivity index (χ1n) is 9.98. The summed E-state index contributed by atoms with van der Waals surface area (Å²) in [5.74, 6) is 0.678. The normalized spacial score (nSPS) is 15.6. The molecule has 2 aromatic heterocycles. The average molecular weight is 481 g/mol. The number of benzene rings is 2. The van der Waals surface area contributed by atoms with Gasteiger partial charge in [-0.05, 0) is 64.5 Å². The van der Waals surface area contributed by atoms with Crippen LogP contribution in [0.3, 0.4) is 0 Å². The van der Waals surface area contributed by atoms with Crippen LogP contribution in [-0.2, 0) is 4.79 Å². The first-order chi connectivity index (χ1) is 16.1. The van der Waals surface area contributed by atoms with Crippen LogP contribution in [0.25, 0.3) is 5.69 Å². The summed E-state index contributed by atoms with van der Waals surface area (Å²) in [5.41, 5.74) is 2.35. The van der Waals surface area contributed by atoms with E-state index in [4.69, 9.17) is 16.0 Å². The van der Waals surface area contributed by atoms with Crippen LogP contribution in [0.15, 0.2) is 81.6 Å². The molecule has 9 nitrogen and oxygen atoms in total. The Morgan fingerprint density at radius 3 is 2.67 bits per heavy atom. The lowest BCUT2D eigenvalue weighted by Gasteiger charge is -2.19. The van der Waals surface area contributed by atoms with Crippen molar-refractivity contribution in [1.29, 1.82) is 0 Å². The van der Waals surface area contributed by atoms with Crippen molar-refractivity contribution in [2.45, 2.75) is 17.6 Å². The summed E-state index contributed by atoms with van der Waals surface area (Å²) in [4.78, 5) is 13.2. The predicted molar refractivity (Wildman–Crippen MR) is 122 cm³/mol. The fraction of sp³-hybridized carbons (Fsp3) is 0.136. The second-order valence-electron chi connectivity index (χ2n) is 7.21. The molecule has 1 aliphatic heterocycles. The van der Waals surface area contributed by atoms with Gasteiger partial charge in [-0.3, -0.25) is 4.79 Å². The van der Waals surface area contributed by atoms with E-state index in [0.29, 0.717) is 28.0 Å². The van der Waals surface area contributed by atoms with Crippen LogP contribution in [0.2, 0.25) is 5.02 Å². The molecule has 0 fully saturated rings. The largest absolute Gasteiger partial charge is 0.508 e. The highest BCUT2D eigenvalue weighted by molar-refractivity contribution is 7.99. The van der Waals surface area contributed by atoms with Crippen molar-refractivity contribution in [2.24, 2.45) is 5.10 Å². The zero-order valence-electron chi connectivity index (χ0n) is 17.1. The molecule has 0 unspecified atom stereocenters. The van der Waals surface area contributed by atoms with Gasteiger partial charge >= 0.3 is 0 Å². The highest BCUT2D eigenvalue weighted by atomic mass is 35.5. The molecule has 1 aliphatic rings. The number of furan rings is 1.